The monoisotopic (exact) mass is 180 g/mol. The number of nitriles is 1. The van der Waals surface area contributed by atoms with Crippen molar-refractivity contribution < 1.29 is 13.9 Å². The first-order chi connectivity index (χ1) is 6.19. The molecule has 1 heterocycles. The molecule has 1 rings (SSSR count). The Balaban J connectivity index is 3.11. The zero-order valence-electron chi connectivity index (χ0n) is 6.74. The van der Waals surface area contributed by atoms with Crippen LogP contribution in [0.25, 0.3) is 0 Å². The zero-order chi connectivity index (χ0) is 9.84. The molecule has 1 aromatic heterocycles. The number of pyridine rings is 1. The van der Waals surface area contributed by atoms with E-state index in [-0.39, 0.29) is 11.3 Å². The molecule has 0 atom stereocenters. The molecule has 13 heavy (non-hydrogen) atoms. The summed E-state index contributed by atoms with van der Waals surface area (Å²) in [6, 6.07) is 2.46. The Morgan fingerprint density at radius 3 is 2.92 bits per heavy atom. The number of aromatic nitrogens is 1. The third-order valence-corrected chi connectivity index (χ3v) is 1.37. The van der Waals surface area contributed by atoms with E-state index in [1.54, 1.807) is 6.07 Å². The summed E-state index contributed by atoms with van der Waals surface area (Å²) in [6.45, 7) is 0. The largest absolute Gasteiger partial charge is 0.465 e. The van der Waals surface area contributed by atoms with E-state index in [0.717, 1.165) is 12.3 Å². The second kappa shape index (κ2) is 3.63. The Kier molecular flexibility index (Phi) is 2.55. The van der Waals surface area contributed by atoms with Gasteiger partial charge in [-0.25, -0.2) is 14.2 Å². The van der Waals surface area contributed by atoms with Gasteiger partial charge in [0.05, 0.1) is 12.7 Å². The molecule has 0 amide bonds. The highest BCUT2D eigenvalue weighted by Crippen LogP contribution is 2.06. The number of hydrogen-bond donors (Lipinski definition) is 0. The summed E-state index contributed by atoms with van der Waals surface area (Å²) >= 11 is 0. The second-order valence-corrected chi connectivity index (χ2v) is 2.16. The highest BCUT2D eigenvalue weighted by molar-refractivity contribution is 5.88. The Morgan fingerprint density at radius 1 is 1.77 bits per heavy atom. The predicted octanol–water partition coefficient (Wildman–Crippen LogP) is 0.879. The van der Waals surface area contributed by atoms with E-state index in [4.69, 9.17) is 5.26 Å². The van der Waals surface area contributed by atoms with Gasteiger partial charge in [0.1, 0.15) is 6.07 Å². The normalized spacial score (nSPS) is 9.00. The van der Waals surface area contributed by atoms with Gasteiger partial charge in [-0.1, -0.05) is 0 Å². The molecule has 0 radical (unpaired) electrons. The SMILES string of the molecule is COC(=O)c1cnc(C#N)c(F)c1. The summed E-state index contributed by atoms with van der Waals surface area (Å²) in [5.41, 5.74) is -0.355. The first-order valence-corrected chi connectivity index (χ1v) is 3.33. The van der Waals surface area contributed by atoms with E-state index in [0.29, 0.717) is 0 Å². The van der Waals surface area contributed by atoms with Gasteiger partial charge in [-0.05, 0) is 6.07 Å². The van der Waals surface area contributed by atoms with Crippen molar-refractivity contribution in [1.29, 1.82) is 5.26 Å². The number of carbonyl (C=O) groups is 1. The van der Waals surface area contributed by atoms with Crippen LogP contribution in [-0.4, -0.2) is 18.1 Å². The second-order valence-electron chi connectivity index (χ2n) is 2.16. The fourth-order valence-electron chi connectivity index (χ4n) is 0.750. The maximum absolute atomic E-state index is 12.9. The lowest BCUT2D eigenvalue weighted by molar-refractivity contribution is 0.0599. The molecule has 0 aromatic carbocycles. The molecule has 0 N–H and O–H groups in total. The lowest BCUT2D eigenvalue weighted by Gasteiger charge is -1.98. The van der Waals surface area contributed by atoms with Gasteiger partial charge < -0.3 is 4.74 Å². The number of nitrogens with zero attached hydrogens (tertiary/aromatic N) is 2. The van der Waals surface area contributed by atoms with Crippen molar-refractivity contribution in [2.24, 2.45) is 0 Å². The summed E-state index contributed by atoms with van der Waals surface area (Å²) in [5.74, 6) is -1.51. The molecule has 4 nitrogen and oxygen atoms in total. The maximum atomic E-state index is 12.9. The maximum Gasteiger partial charge on any atom is 0.339 e. The number of carbonyl (C=O) groups excluding carboxylic acids is 1. The minimum Gasteiger partial charge on any atom is -0.465 e. The fraction of sp³-hybridized carbons (Fsp3) is 0.125. The highest BCUT2D eigenvalue weighted by Gasteiger charge is 2.10. The average Bonchev–Trinajstić information content (AvgIpc) is 2.16. The lowest BCUT2D eigenvalue weighted by Crippen LogP contribution is -2.03. The molecular weight excluding hydrogens is 175 g/mol. The van der Waals surface area contributed by atoms with Crippen molar-refractivity contribution in [2.45, 2.75) is 0 Å². The van der Waals surface area contributed by atoms with Crippen LogP contribution in [0.4, 0.5) is 4.39 Å². The summed E-state index contributed by atoms with van der Waals surface area (Å²) in [5, 5.41) is 8.34. The predicted molar refractivity (Wildman–Crippen MR) is 40.2 cm³/mol. The molecule has 0 unspecified atom stereocenters. The van der Waals surface area contributed by atoms with Crippen LogP contribution in [0.1, 0.15) is 16.1 Å². The molecule has 0 saturated carbocycles. The van der Waals surface area contributed by atoms with E-state index in [1.165, 1.54) is 7.11 Å². The van der Waals surface area contributed by atoms with Gasteiger partial charge in [-0.2, -0.15) is 5.26 Å². The van der Waals surface area contributed by atoms with E-state index in [2.05, 4.69) is 9.72 Å². The number of rotatable bonds is 1. The van der Waals surface area contributed by atoms with Crippen LogP contribution >= 0.6 is 0 Å². The number of hydrogen-bond acceptors (Lipinski definition) is 4. The molecular formula is C8H5FN2O2. The van der Waals surface area contributed by atoms with Crippen LogP contribution in [0.15, 0.2) is 12.3 Å². The highest BCUT2D eigenvalue weighted by atomic mass is 19.1. The lowest BCUT2D eigenvalue weighted by atomic mass is 10.2. The molecule has 5 heteroatoms. The quantitative estimate of drug-likeness (QED) is 0.602. The van der Waals surface area contributed by atoms with Crippen LogP contribution < -0.4 is 0 Å². The fourth-order valence-corrected chi connectivity index (χ4v) is 0.750. The minimum absolute atomic E-state index is 0.0148. The van der Waals surface area contributed by atoms with Crippen LogP contribution in [0.2, 0.25) is 0 Å². The first-order valence-electron chi connectivity index (χ1n) is 3.33. The molecule has 0 saturated heterocycles. The third-order valence-electron chi connectivity index (χ3n) is 1.37. The van der Waals surface area contributed by atoms with Crippen molar-refractivity contribution in [3.8, 4) is 6.07 Å². The topological polar surface area (TPSA) is 63.0 Å². The standard InChI is InChI=1S/C8H5FN2O2/c1-13-8(12)5-2-6(9)7(3-10)11-4-5/h2,4H,1H3. The summed E-state index contributed by atoms with van der Waals surface area (Å²) in [7, 11) is 1.18. The molecule has 0 bridgehead atoms. The van der Waals surface area contributed by atoms with Crippen molar-refractivity contribution in [3.05, 3.63) is 29.3 Å². The van der Waals surface area contributed by atoms with Crippen LogP contribution in [0.5, 0.6) is 0 Å². The Labute approximate surface area is 73.6 Å². The summed E-state index contributed by atoms with van der Waals surface area (Å²) in [4.78, 5) is 14.3. The van der Waals surface area contributed by atoms with E-state index >= 15 is 0 Å². The van der Waals surface area contributed by atoms with E-state index in [9.17, 15) is 9.18 Å². The molecule has 0 aliphatic carbocycles. The molecule has 0 aliphatic heterocycles. The molecule has 0 spiro atoms. The Bertz CT molecular complexity index is 384. The Morgan fingerprint density at radius 2 is 2.46 bits per heavy atom. The summed E-state index contributed by atoms with van der Waals surface area (Å²) in [6.07, 6.45) is 1.09. The average molecular weight is 180 g/mol. The van der Waals surface area contributed by atoms with Gasteiger partial charge in [-0.3, -0.25) is 0 Å². The number of halogens is 1. The molecule has 1 aromatic rings. The van der Waals surface area contributed by atoms with Crippen molar-refractivity contribution in [2.75, 3.05) is 7.11 Å². The molecule has 66 valence electrons. The smallest absolute Gasteiger partial charge is 0.339 e. The van der Waals surface area contributed by atoms with Crippen LogP contribution in [-0.2, 0) is 4.74 Å². The molecule has 0 aliphatic rings. The van der Waals surface area contributed by atoms with Crippen molar-refractivity contribution >= 4 is 5.97 Å². The minimum atomic E-state index is -0.828. The van der Waals surface area contributed by atoms with Gasteiger partial charge in [-0.15, -0.1) is 0 Å². The first kappa shape index (κ1) is 9.13. The van der Waals surface area contributed by atoms with Crippen molar-refractivity contribution in [3.63, 3.8) is 0 Å². The Hall–Kier alpha value is -1.96. The van der Waals surface area contributed by atoms with E-state index < -0.39 is 11.8 Å². The number of methoxy groups -OCH3 is 1. The summed E-state index contributed by atoms with van der Waals surface area (Å²) < 4.78 is 17.2. The zero-order valence-corrected chi connectivity index (χ0v) is 6.74. The third kappa shape index (κ3) is 1.79. The van der Waals surface area contributed by atoms with Crippen LogP contribution in [0, 0.1) is 17.1 Å². The van der Waals surface area contributed by atoms with Gasteiger partial charge in [0.15, 0.2) is 11.5 Å². The molecule has 0 fully saturated rings. The van der Waals surface area contributed by atoms with Crippen LogP contribution in [0.3, 0.4) is 0 Å². The van der Waals surface area contributed by atoms with E-state index in [1.807, 2.05) is 0 Å². The van der Waals surface area contributed by atoms with Crippen molar-refractivity contribution in [1.82, 2.24) is 4.98 Å². The number of esters is 1. The van der Waals surface area contributed by atoms with Gasteiger partial charge in [0.25, 0.3) is 0 Å². The van der Waals surface area contributed by atoms with Gasteiger partial charge >= 0.3 is 5.97 Å². The number of ether oxygens (including phenoxy) is 1. The van der Waals surface area contributed by atoms with Gasteiger partial charge in [0, 0.05) is 6.20 Å². The van der Waals surface area contributed by atoms with Gasteiger partial charge in [0.2, 0.25) is 0 Å².